The topological polar surface area (TPSA) is 12.0 Å². The standard InChI is InChI=1S/C14H21ClFN/c1-3-4-5-6-7-14(17-2)11-8-9-12(15)13(16)10-11/h8-10,14,17H,3-7H2,1-2H3. The first-order valence-corrected chi connectivity index (χ1v) is 6.69. The molecule has 0 saturated carbocycles. The number of halogens is 2. The zero-order valence-electron chi connectivity index (χ0n) is 10.6. The first-order valence-electron chi connectivity index (χ1n) is 6.31. The second-order valence-electron chi connectivity index (χ2n) is 4.36. The van der Waals surface area contributed by atoms with Crippen LogP contribution in [0.4, 0.5) is 4.39 Å². The predicted molar refractivity (Wildman–Crippen MR) is 72.0 cm³/mol. The van der Waals surface area contributed by atoms with Gasteiger partial charge in [0.15, 0.2) is 0 Å². The lowest BCUT2D eigenvalue weighted by Crippen LogP contribution is -2.16. The fourth-order valence-corrected chi connectivity index (χ4v) is 2.10. The van der Waals surface area contributed by atoms with Crippen molar-refractivity contribution in [2.75, 3.05) is 7.05 Å². The molecule has 96 valence electrons. The molecule has 0 heterocycles. The molecule has 1 rings (SSSR count). The monoisotopic (exact) mass is 257 g/mol. The Balaban J connectivity index is 2.56. The van der Waals surface area contributed by atoms with Crippen molar-refractivity contribution in [2.24, 2.45) is 0 Å². The predicted octanol–water partition coefficient (Wildman–Crippen LogP) is 4.71. The van der Waals surface area contributed by atoms with E-state index in [9.17, 15) is 4.39 Å². The lowest BCUT2D eigenvalue weighted by atomic mass is 10.00. The zero-order valence-corrected chi connectivity index (χ0v) is 11.4. The van der Waals surface area contributed by atoms with Crippen LogP contribution in [0, 0.1) is 5.82 Å². The van der Waals surface area contributed by atoms with E-state index in [0.717, 1.165) is 12.0 Å². The van der Waals surface area contributed by atoms with Gasteiger partial charge in [0.25, 0.3) is 0 Å². The average molecular weight is 258 g/mol. The van der Waals surface area contributed by atoms with Gasteiger partial charge in [0, 0.05) is 6.04 Å². The molecule has 1 nitrogen and oxygen atoms in total. The minimum absolute atomic E-state index is 0.189. The number of rotatable bonds is 7. The van der Waals surface area contributed by atoms with Crippen LogP contribution in [-0.4, -0.2) is 7.05 Å². The molecule has 0 radical (unpaired) electrons. The number of hydrogen-bond donors (Lipinski definition) is 1. The summed E-state index contributed by atoms with van der Waals surface area (Å²) < 4.78 is 13.4. The Morgan fingerprint density at radius 3 is 2.65 bits per heavy atom. The third-order valence-electron chi connectivity index (χ3n) is 3.04. The van der Waals surface area contributed by atoms with Gasteiger partial charge in [-0.05, 0) is 31.2 Å². The Morgan fingerprint density at radius 1 is 1.29 bits per heavy atom. The summed E-state index contributed by atoms with van der Waals surface area (Å²) in [5.41, 5.74) is 0.978. The highest BCUT2D eigenvalue weighted by Crippen LogP contribution is 2.23. The molecular formula is C14H21ClFN. The lowest BCUT2D eigenvalue weighted by molar-refractivity contribution is 0.502. The maximum absolute atomic E-state index is 13.4. The van der Waals surface area contributed by atoms with Crippen molar-refractivity contribution >= 4 is 11.6 Å². The number of nitrogens with one attached hydrogen (secondary N) is 1. The normalized spacial score (nSPS) is 12.7. The maximum Gasteiger partial charge on any atom is 0.142 e. The number of benzene rings is 1. The van der Waals surface area contributed by atoms with Gasteiger partial charge in [-0.3, -0.25) is 0 Å². The lowest BCUT2D eigenvalue weighted by Gasteiger charge is -2.16. The van der Waals surface area contributed by atoms with Gasteiger partial charge in [-0.25, -0.2) is 4.39 Å². The quantitative estimate of drug-likeness (QED) is 0.698. The van der Waals surface area contributed by atoms with Gasteiger partial charge in [-0.1, -0.05) is 50.3 Å². The van der Waals surface area contributed by atoms with Gasteiger partial charge in [0.05, 0.1) is 5.02 Å². The van der Waals surface area contributed by atoms with Crippen molar-refractivity contribution in [3.8, 4) is 0 Å². The molecule has 0 amide bonds. The van der Waals surface area contributed by atoms with E-state index in [4.69, 9.17) is 11.6 Å². The van der Waals surface area contributed by atoms with Crippen LogP contribution in [0.15, 0.2) is 18.2 Å². The second kappa shape index (κ2) is 7.67. The van der Waals surface area contributed by atoms with Gasteiger partial charge in [-0.2, -0.15) is 0 Å². The summed E-state index contributed by atoms with van der Waals surface area (Å²) >= 11 is 5.68. The first kappa shape index (κ1) is 14.5. The molecule has 0 aromatic heterocycles. The van der Waals surface area contributed by atoms with Crippen LogP contribution in [0.25, 0.3) is 0 Å². The zero-order chi connectivity index (χ0) is 12.7. The molecule has 1 N–H and O–H groups in total. The third-order valence-corrected chi connectivity index (χ3v) is 3.35. The smallest absolute Gasteiger partial charge is 0.142 e. The van der Waals surface area contributed by atoms with E-state index in [1.165, 1.54) is 31.7 Å². The van der Waals surface area contributed by atoms with Crippen LogP contribution < -0.4 is 5.32 Å². The Labute approximate surface area is 108 Å². The minimum Gasteiger partial charge on any atom is -0.313 e. The van der Waals surface area contributed by atoms with Crippen molar-refractivity contribution in [3.63, 3.8) is 0 Å². The van der Waals surface area contributed by atoms with Crippen LogP contribution in [0.1, 0.15) is 50.6 Å². The van der Waals surface area contributed by atoms with Crippen molar-refractivity contribution in [1.82, 2.24) is 5.32 Å². The number of unbranched alkanes of at least 4 members (excludes halogenated alkanes) is 3. The largest absolute Gasteiger partial charge is 0.313 e. The van der Waals surface area contributed by atoms with Gasteiger partial charge in [0.2, 0.25) is 0 Å². The Morgan fingerprint density at radius 2 is 2.06 bits per heavy atom. The van der Waals surface area contributed by atoms with E-state index in [1.807, 2.05) is 13.1 Å². The van der Waals surface area contributed by atoms with Crippen LogP contribution >= 0.6 is 11.6 Å². The van der Waals surface area contributed by atoms with Crippen LogP contribution in [-0.2, 0) is 0 Å². The highest BCUT2D eigenvalue weighted by molar-refractivity contribution is 6.30. The highest BCUT2D eigenvalue weighted by atomic mass is 35.5. The molecule has 17 heavy (non-hydrogen) atoms. The Bertz CT molecular complexity index is 341. The van der Waals surface area contributed by atoms with E-state index in [-0.39, 0.29) is 16.9 Å². The highest BCUT2D eigenvalue weighted by Gasteiger charge is 2.10. The molecular weight excluding hydrogens is 237 g/mol. The SMILES string of the molecule is CCCCCCC(NC)c1ccc(Cl)c(F)c1. The molecule has 0 spiro atoms. The summed E-state index contributed by atoms with van der Waals surface area (Å²) in [6, 6.07) is 5.27. The first-order chi connectivity index (χ1) is 8.19. The van der Waals surface area contributed by atoms with Crippen LogP contribution in [0.5, 0.6) is 0 Å². The van der Waals surface area contributed by atoms with Gasteiger partial charge < -0.3 is 5.32 Å². The van der Waals surface area contributed by atoms with Gasteiger partial charge in [-0.15, -0.1) is 0 Å². The molecule has 0 aliphatic rings. The summed E-state index contributed by atoms with van der Waals surface area (Å²) in [6.45, 7) is 2.20. The van der Waals surface area contributed by atoms with E-state index in [0.29, 0.717) is 0 Å². The van der Waals surface area contributed by atoms with Crippen LogP contribution in [0.2, 0.25) is 5.02 Å². The van der Waals surface area contributed by atoms with Crippen molar-refractivity contribution in [2.45, 2.75) is 45.1 Å². The number of hydrogen-bond acceptors (Lipinski definition) is 1. The summed E-state index contributed by atoms with van der Waals surface area (Å²) in [5, 5.41) is 3.42. The van der Waals surface area contributed by atoms with Gasteiger partial charge in [0.1, 0.15) is 5.82 Å². The molecule has 0 aliphatic heterocycles. The second-order valence-corrected chi connectivity index (χ2v) is 4.77. The molecule has 0 bridgehead atoms. The van der Waals surface area contributed by atoms with Gasteiger partial charge >= 0.3 is 0 Å². The molecule has 1 unspecified atom stereocenters. The molecule has 0 saturated heterocycles. The Hall–Kier alpha value is -0.600. The Kier molecular flexibility index (Phi) is 6.53. The van der Waals surface area contributed by atoms with E-state index >= 15 is 0 Å². The van der Waals surface area contributed by atoms with Crippen molar-refractivity contribution in [3.05, 3.63) is 34.6 Å². The average Bonchev–Trinajstić information content (AvgIpc) is 2.33. The van der Waals surface area contributed by atoms with E-state index < -0.39 is 0 Å². The molecule has 3 heteroatoms. The van der Waals surface area contributed by atoms with Crippen LogP contribution in [0.3, 0.4) is 0 Å². The summed E-state index contributed by atoms with van der Waals surface area (Å²) in [5.74, 6) is -0.335. The fraction of sp³-hybridized carbons (Fsp3) is 0.571. The van der Waals surface area contributed by atoms with Crippen molar-refractivity contribution < 1.29 is 4.39 Å². The molecule has 1 aromatic carbocycles. The summed E-state index contributed by atoms with van der Waals surface area (Å²) in [6.07, 6.45) is 5.96. The van der Waals surface area contributed by atoms with E-state index in [1.54, 1.807) is 6.07 Å². The minimum atomic E-state index is -0.335. The molecule has 0 aliphatic carbocycles. The van der Waals surface area contributed by atoms with Crippen molar-refractivity contribution in [1.29, 1.82) is 0 Å². The molecule has 1 aromatic rings. The maximum atomic E-state index is 13.4. The summed E-state index contributed by atoms with van der Waals surface area (Å²) in [7, 11) is 1.91. The molecule has 1 atom stereocenters. The molecule has 0 fully saturated rings. The fourth-order valence-electron chi connectivity index (χ4n) is 1.98. The third kappa shape index (κ3) is 4.64. The summed E-state index contributed by atoms with van der Waals surface area (Å²) in [4.78, 5) is 0. The van der Waals surface area contributed by atoms with E-state index in [2.05, 4.69) is 12.2 Å².